The van der Waals surface area contributed by atoms with Gasteiger partial charge in [-0.15, -0.1) is 12.8 Å². The molecule has 0 amide bonds. The lowest BCUT2D eigenvalue weighted by Crippen LogP contribution is -2.47. The topological polar surface area (TPSA) is 61.1 Å². The van der Waals surface area contributed by atoms with Gasteiger partial charge in [0, 0.05) is 63.2 Å². The van der Waals surface area contributed by atoms with Crippen molar-refractivity contribution in [2.45, 2.75) is 70.5 Å². The quantitative estimate of drug-likeness (QED) is 0.188. The van der Waals surface area contributed by atoms with E-state index in [1.807, 2.05) is 13.2 Å². The van der Waals surface area contributed by atoms with Crippen LogP contribution in [0.2, 0.25) is 0 Å². The Labute approximate surface area is 297 Å². The second-order valence-corrected chi connectivity index (χ2v) is 13.4. The summed E-state index contributed by atoms with van der Waals surface area (Å²) in [6.07, 6.45) is 18.9. The molecular weight excluding hydrogens is 605 g/mol. The van der Waals surface area contributed by atoms with E-state index in [9.17, 15) is 0 Å². The zero-order valence-electron chi connectivity index (χ0n) is 30.2. The fourth-order valence-electron chi connectivity index (χ4n) is 7.39. The highest BCUT2D eigenvalue weighted by Gasteiger charge is 2.27. The SMILES string of the molecule is C#C.C=C1Nc2ccc(C)cc2N1.C=CN(Cc1ccccc1NC)C1CCN(C(=C)NCC(=C)N2CCC(N3CCCCC3)CC2)CC1. The second-order valence-electron chi connectivity index (χ2n) is 13.4. The van der Waals surface area contributed by atoms with Crippen LogP contribution in [0.5, 0.6) is 0 Å². The van der Waals surface area contributed by atoms with E-state index in [0.717, 1.165) is 81.2 Å². The Morgan fingerprint density at radius 2 is 1.55 bits per heavy atom. The predicted molar refractivity (Wildman–Crippen MR) is 210 cm³/mol. The molecule has 0 radical (unpaired) electrons. The van der Waals surface area contributed by atoms with Crippen molar-refractivity contribution in [3.63, 3.8) is 0 Å². The van der Waals surface area contributed by atoms with Crippen LogP contribution in [0.15, 0.2) is 92.3 Å². The van der Waals surface area contributed by atoms with E-state index < -0.39 is 0 Å². The highest BCUT2D eigenvalue weighted by atomic mass is 15.3. The van der Waals surface area contributed by atoms with Gasteiger partial charge in [-0.2, -0.15) is 0 Å². The first-order chi connectivity index (χ1) is 23.8. The smallest absolute Gasteiger partial charge is 0.100 e. The summed E-state index contributed by atoms with van der Waals surface area (Å²) in [5.41, 5.74) is 7.19. The highest BCUT2D eigenvalue weighted by molar-refractivity contribution is 5.79. The summed E-state index contributed by atoms with van der Waals surface area (Å²) in [4.78, 5) is 10.0. The number of rotatable bonds is 11. The number of terminal acetylenes is 1. The molecule has 4 N–H and O–H groups in total. The van der Waals surface area contributed by atoms with Crippen LogP contribution in [0.25, 0.3) is 0 Å². The molecule has 0 bridgehead atoms. The van der Waals surface area contributed by atoms with E-state index in [1.54, 1.807) is 0 Å². The van der Waals surface area contributed by atoms with E-state index in [4.69, 9.17) is 0 Å². The molecule has 4 aliphatic rings. The molecule has 8 nitrogen and oxygen atoms in total. The third-order valence-corrected chi connectivity index (χ3v) is 10.3. The molecule has 2 aromatic rings. The minimum absolute atomic E-state index is 0.507. The van der Waals surface area contributed by atoms with Crippen LogP contribution in [0.4, 0.5) is 17.1 Å². The summed E-state index contributed by atoms with van der Waals surface area (Å²) in [7, 11) is 1.99. The number of nitrogens with zero attached hydrogens (tertiary/aromatic N) is 4. The lowest BCUT2D eigenvalue weighted by Gasteiger charge is -2.42. The Morgan fingerprint density at radius 1 is 0.898 bits per heavy atom. The van der Waals surface area contributed by atoms with Crippen molar-refractivity contribution in [2.24, 2.45) is 0 Å². The monoisotopic (exact) mass is 664 g/mol. The van der Waals surface area contributed by atoms with Gasteiger partial charge in [0.15, 0.2) is 0 Å². The molecule has 3 fully saturated rings. The molecule has 4 heterocycles. The normalized spacial score (nSPS) is 17.9. The Hall–Kier alpha value is -4.48. The maximum absolute atomic E-state index is 4.40. The molecule has 4 aliphatic heterocycles. The Kier molecular flexibility index (Phi) is 14.4. The maximum atomic E-state index is 4.40. The molecular formula is C41H60N8. The number of hydrogen-bond donors (Lipinski definition) is 4. The lowest BCUT2D eigenvalue weighted by atomic mass is 9.99. The van der Waals surface area contributed by atoms with Crippen LogP contribution < -0.4 is 21.3 Å². The van der Waals surface area contributed by atoms with Crippen molar-refractivity contribution >= 4 is 17.1 Å². The maximum Gasteiger partial charge on any atom is 0.100 e. The average molecular weight is 665 g/mol. The second kappa shape index (κ2) is 18.9. The number of fused-ring (bicyclic) bond motifs is 1. The molecule has 3 saturated heterocycles. The molecule has 0 atom stereocenters. The van der Waals surface area contributed by atoms with Crippen molar-refractivity contribution < 1.29 is 0 Å². The molecule has 264 valence electrons. The first kappa shape index (κ1) is 37.3. The number of hydrogen-bond acceptors (Lipinski definition) is 8. The van der Waals surface area contributed by atoms with Crippen LogP contribution >= 0.6 is 0 Å². The van der Waals surface area contributed by atoms with Crippen LogP contribution in [-0.2, 0) is 6.54 Å². The fraction of sp³-hybridized carbons (Fsp3) is 0.463. The summed E-state index contributed by atoms with van der Waals surface area (Å²) in [5, 5.41) is 13.1. The molecule has 0 unspecified atom stereocenters. The van der Waals surface area contributed by atoms with Gasteiger partial charge >= 0.3 is 0 Å². The van der Waals surface area contributed by atoms with E-state index in [-0.39, 0.29) is 0 Å². The molecule has 0 saturated carbocycles. The number of para-hydroxylation sites is 1. The van der Waals surface area contributed by atoms with Gasteiger partial charge in [0.2, 0.25) is 0 Å². The minimum atomic E-state index is 0.507. The van der Waals surface area contributed by atoms with Crippen LogP contribution in [-0.4, -0.2) is 84.5 Å². The van der Waals surface area contributed by atoms with Crippen LogP contribution in [0.1, 0.15) is 56.1 Å². The van der Waals surface area contributed by atoms with E-state index >= 15 is 0 Å². The molecule has 0 aliphatic carbocycles. The molecule has 6 rings (SSSR count). The Bertz CT molecular complexity index is 1410. The summed E-state index contributed by atoms with van der Waals surface area (Å²) in [5.74, 6) is 1.88. The van der Waals surface area contributed by atoms with Crippen LogP contribution in [0.3, 0.4) is 0 Å². The number of benzene rings is 2. The van der Waals surface area contributed by atoms with Crippen LogP contribution in [0, 0.1) is 19.8 Å². The van der Waals surface area contributed by atoms with Gasteiger partial charge in [0.25, 0.3) is 0 Å². The van der Waals surface area contributed by atoms with E-state index in [0.29, 0.717) is 6.04 Å². The largest absolute Gasteiger partial charge is 0.388 e. The predicted octanol–water partition coefficient (Wildman–Crippen LogP) is 7.22. The third kappa shape index (κ3) is 10.5. The van der Waals surface area contributed by atoms with Gasteiger partial charge in [0.05, 0.1) is 23.7 Å². The zero-order chi connectivity index (χ0) is 35.2. The van der Waals surface area contributed by atoms with E-state index in [2.05, 4.69) is 129 Å². The number of anilines is 3. The summed E-state index contributed by atoms with van der Waals surface area (Å²) < 4.78 is 0. The standard InChI is InChI=1S/C30H48N6.C9H10N2.C2H2/c1-5-33(24-27-11-7-8-12-30(27)31-4)28-15-21-35(22-16-28)26(3)32-23-25(2)34-19-13-29(14-20-34)36-17-9-6-10-18-36;1-6-3-4-8-9(5-6)11-7(2)10-8;1-2/h5,7-8,11-12,28-29,31-32H,1-3,6,9-10,13-24H2,4H3;3-5,10-11H,2H2,1H3;1-2H. The van der Waals surface area contributed by atoms with Gasteiger partial charge in [-0.1, -0.05) is 57.0 Å². The first-order valence-corrected chi connectivity index (χ1v) is 18.0. The average Bonchev–Trinajstić information content (AvgIpc) is 3.53. The molecule has 0 aromatic heterocycles. The van der Waals surface area contributed by atoms with Gasteiger partial charge in [0.1, 0.15) is 5.82 Å². The zero-order valence-corrected chi connectivity index (χ0v) is 30.2. The number of likely N-dealkylation sites (tertiary alicyclic amines) is 3. The van der Waals surface area contributed by atoms with Crippen molar-refractivity contribution in [1.82, 2.24) is 24.9 Å². The summed E-state index contributed by atoms with van der Waals surface area (Å²) in [6, 6.07) is 16.0. The molecule has 49 heavy (non-hydrogen) atoms. The van der Waals surface area contributed by atoms with Gasteiger partial charge in [-0.05, 0) is 94.1 Å². The van der Waals surface area contributed by atoms with Crippen molar-refractivity contribution in [3.05, 3.63) is 103 Å². The molecule has 0 spiro atoms. The minimum Gasteiger partial charge on any atom is -0.388 e. The first-order valence-electron chi connectivity index (χ1n) is 18.0. The number of aryl methyl sites for hydroxylation is 1. The molecule has 8 heteroatoms. The fourth-order valence-corrected chi connectivity index (χ4v) is 7.39. The van der Waals surface area contributed by atoms with Gasteiger partial charge in [-0.3, -0.25) is 0 Å². The van der Waals surface area contributed by atoms with Crippen molar-refractivity contribution in [3.8, 4) is 12.8 Å². The Balaban J connectivity index is 0.000000347. The number of piperidine rings is 3. The Morgan fingerprint density at radius 3 is 2.22 bits per heavy atom. The van der Waals surface area contributed by atoms with E-state index in [1.165, 1.54) is 67.7 Å². The summed E-state index contributed by atoms with van der Waals surface area (Å²) in [6.45, 7) is 27.3. The summed E-state index contributed by atoms with van der Waals surface area (Å²) >= 11 is 0. The number of nitrogens with one attached hydrogen (secondary N) is 4. The van der Waals surface area contributed by atoms with Crippen molar-refractivity contribution in [1.29, 1.82) is 0 Å². The molecule has 2 aromatic carbocycles. The highest BCUT2D eigenvalue weighted by Crippen LogP contribution is 2.30. The van der Waals surface area contributed by atoms with Gasteiger partial charge in [-0.25, -0.2) is 0 Å². The van der Waals surface area contributed by atoms with Crippen molar-refractivity contribution in [2.75, 3.05) is 68.8 Å². The van der Waals surface area contributed by atoms with Gasteiger partial charge < -0.3 is 40.9 Å². The lowest BCUT2D eigenvalue weighted by molar-refractivity contribution is 0.104. The third-order valence-electron chi connectivity index (χ3n) is 10.3.